The fourth-order valence-electron chi connectivity index (χ4n) is 2.60. The number of nitrogens with zero attached hydrogens (tertiary/aromatic N) is 4. The second-order valence-corrected chi connectivity index (χ2v) is 6.27. The molecule has 0 unspecified atom stereocenters. The molecule has 140 valence electrons. The first kappa shape index (κ1) is 18.2. The lowest BCUT2D eigenvalue weighted by Gasteiger charge is -2.18. The van der Waals surface area contributed by atoms with Gasteiger partial charge in [0.1, 0.15) is 6.10 Å². The number of ether oxygens (including phenoxy) is 1. The van der Waals surface area contributed by atoms with Gasteiger partial charge < -0.3 is 14.2 Å². The molecule has 2 aromatic rings. The minimum absolute atomic E-state index is 0.0669. The second kappa shape index (κ2) is 6.93. The molecular formula is C16H17F3N4O3. The summed E-state index contributed by atoms with van der Waals surface area (Å²) in [7, 11) is 0. The molecule has 0 N–H and O–H groups in total. The van der Waals surface area contributed by atoms with Gasteiger partial charge in [-0.2, -0.15) is 18.2 Å². The standard InChI is InChI=1S/C16H17F3N4O3/c1-9(2)14(24)23-6-5-11(8-23)25-12-4-3-10(7-20-12)13-21-15(26-22-13)16(17,18)19/h3-4,7,9,11H,5-6,8H2,1-2H3/t11-/m1/s1. The molecule has 1 saturated heterocycles. The first-order valence-electron chi connectivity index (χ1n) is 8.07. The van der Waals surface area contributed by atoms with Crippen LogP contribution in [0.4, 0.5) is 13.2 Å². The van der Waals surface area contributed by atoms with E-state index in [-0.39, 0.29) is 29.3 Å². The van der Waals surface area contributed by atoms with Crippen molar-refractivity contribution in [1.82, 2.24) is 20.0 Å². The topological polar surface area (TPSA) is 81.4 Å². The number of likely N-dealkylation sites (tertiary alicyclic amines) is 1. The average Bonchev–Trinajstić information content (AvgIpc) is 3.24. The maximum atomic E-state index is 12.5. The molecule has 0 aliphatic carbocycles. The van der Waals surface area contributed by atoms with Crippen LogP contribution in [-0.4, -0.2) is 45.1 Å². The van der Waals surface area contributed by atoms with Crippen molar-refractivity contribution in [1.29, 1.82) is 0 Å². The van der Waals surface area contributed by atoms with Crippen molar-refractivity contribution < 1.29 is 27.2 Å². The van der Waals surface area contributed by atoms with Gasteiger partial charge in [-0.3, -0.25) is 4.79 Å². The smallest absolute Gasteiger partial charge is 0.471 e. The van der Waals surface area contributed by atoms with E-state index in [1.54, 1.807) is 4.90 Å². The van der Waals surface area contributed by atoms with E-state index >= 15 is 0 Å². The lowest BCUT2D eigenvalue weighted by atomic mass is 10.2. The predicted molar refractivity (Wildman–Crippen MR) is 83.0 cm³/mol. The molecular weight excluding hydrogens is 353 g/mol. The molecule has 10 heteroatoms. The zero-order valence-corrected chi connectivity index (χ0v) is 14.2. The van der Waals surface area contributed by atoms with Crippen molar-refractivity contribution in [3.63, 3.8) is 0 Å². The number of carbonyl (C=O) groups is 1. The summed E-state index contributed by atoms with van der Waals surface area (Å²) in [5.74, 6) is -1.28. The van der Waals surface area contributed by atoms with Gasteiger partial charge in [-0.1, -0.05) is 19.0 Å². The number of hydrogen-bond acceptors (Lipinski definition) is 6. The summed E-state index contributed by atoms with van der Waals surface area (Å²) in [5, 5.41) is 3.30. The molecule has 2 aromatic heterocycles. The Hall–Kier alpha value is -2.65. The first-order valence-corrected chi connectivity index (χ1v) is 8.07. The molecule has 3 rings (SSSR count). The van der Waals surface area contributed by atoms with Crippen molar-refractivity contribution in [2.45, 2.75) is 32.5 Å². The van der Waals surface area contributed by atoms with Crippen LogP contribution in [0, 0.1) is 5.92 Å². The Morgan fingerprint density at radius 3 is 2.73 bits per heavy atom. The van der Waals surface area contributed by atoms with Gasteiger partial charge in [0.15, 0.2) is 0 Å². The second-order valence-electron chi connectivity index (χ2n) is 6.27. The van der Waals surface area contributed by atoms with Gasteiger partial charge in [-0.05, 0) is 6.07 Å². The molecule has 0 radical (unpaired) electrons. The molecule has 0 spiro atoms. The summed E-state index contributed by atoms with van der Waals surface area (Å²) in [5.41, 5.74) is 0.277. The molecule has 0 saturated carbocycles. The molecule has 3 heterocycles. The van der Waals surface area contributed by atoms with Crippen LogP contribution in [0.3, 0.4) is 0 Å². The summed E-state index contributed by atoms with van der Waals surface area (Å²) in [4.78, 5) is 21.1. The monoisotopic (exact) mass is 370 g/mol. The van der Waals surface area contributed by atoms with Gasteiger partial charge in [-0.25, -0.2) is 4.98 Å². The van der Waals surface area contributed by atoms with Crippen LogP contribution < -0.4 is 4.74 Å². The van der Waals surface area contributed by atoms with Crippen molar-refractivity contribution in [2.24, 2.45) is 5.92 Å². The van der Waals surface area contributed by atoms with Gasteiger partial charge in [-0.15, -0.1) is 0 Å². The number of amides is 1. The third-order valence-electron chi connectivity index (χ3n) is 3.90. The van der Waals surface area contributed by atoms with E-state index in [0.717, 1.165) is 0 Å². The average molecular weight is 370 g/mol. The number of aromatic nitrogens is 3. The maximum Gasteiger partial charge on any atom is 0.471 e. The van der Waals surface area contributed by atoms with E-state index in [1.807, 2.05) is 13.8 Å². The zero-order chi connectivity index (χ0) is 18.9. The Morgan fingerprint density at radius 2 is 2.15 bits per heavy atom. The molecule has 0 bridgehead atoms. The summed E-state index contributed by atoms with van der Waals surface area (Å²) >= 11 is 0. The van der Waals surface area contributed by atoms with E-state index in [9.17, 15) is 18.0 Å². The molecule has 1 amide bonds. The maximum absolute atomic E-state index is 12.5. The van der Waals surface area contributed by atoms with E-state index in [0.29, 0.717) is 25.4 Å². The normalized spacial score (nSPS) is 17.8. The van der Waals surface area contributed by atoms with Gasteiger partial charge in [0, 0.05) is 36.7 Å². The SMILES string of the molecule is CC(C)C(=O)N1CC[C@@H](Oc2ccc(-c3noc(C(F)(F)F)n3)cn2)C1. The highest BCUT2D eigenvalue weighted by Gasteiger charge is 2.38. The van der Waals surface area contributed by atoms with E-state index in [2.05, 4.69) is 19.6 Å². The van der Waals surface area contributed by atoms with Gasteiger partial charge in [0.05, 0.1) is 6.54 Å². The molecule has 7 nitrogen and oxygen atoms in total. The van der Waals surface area contributed by atoms with Crippen molar-refractivity contribution >= 4 is 5.91 Å². The molecule has 1 fully saturated rings. The number of halogens is 3. The molecule has 26 heavy (non-hydrogen) atoms. The Labute approximate surface area is 147 Å². The van der Waals surface area contributed by atoms with E-state index in [4.69, 9.17) is 4.74 Å². The van der Waals surface area contributed by atoms with Crippen LogP contribution in [0.5, 0.6) is 5.88 Å². The highest BCUT2D eigenvalue weighted by Crippen LogP contribution is 2.29. The number of hydrogen-bond donors (Lipinski definition) is 0. The lowest BCUT2D eigenvalue weighted by molar-refractivity contribution is -0.159. The van der Waals surface area contributed by atoms with Crippen LogP contribution in [0.25, 0.3) is 11.4 Å². The van der Waals surface area contributed by atoms with Crippen LogP contribution in [-0.2, 0) is 11.0 Å². The Balaban J connectivity index is 1.62. The van der Waals surface area contributed by atoms with Crippen LogP contribution >= 0.6 is 0 Å². The van der Waals surface area contributed by atoms with Gasteiger partial charge in [0.2, 0.25) is 17.6 Å². The van der Waals surface area contributed by atoms with Crippen LogP contribution in [0.15, 0.2) is 22.9 Å². The van der Waals surface area contributed by atoms with Crippen LogP contribution in [0.1, 0.15) is 26.2 Å². The molecule has 1 aliphatic heterocycles. The lowest BCUT2D eigenvalue weighted by Crippen LogP contribution is -2.33. The number of pyridine rings is 1. The molecule has 0 aromatic carbocycles. The Morgan fingerprint density at radius 1 is 1.38 bits per heavy atom. The van der Waals surface area contributed by atoms with Crippen molar-refractivity contribution in [3.8, 4) is 17.3 Å². The Bertz CT molecular complexity index is 774. The van der Waals surface area contributed by atoms with Crippen molar-refractivity contribution in [2.75, 3.05) is 13.1 Å². The third kappa shape index (κ3) is 3.94. The summed E-state index contributed by atoms with van der Waals surface area (Å²) in [6.07, 6.45) is -2.85. The van der Waals surface area contributed by atoms with Crippen LogP contribution in [0.2, 0.25) is 0 Å². The number of carbonyl (C=O) groups excluding carboxylic acids is 1. The first-order chi connectivity index (χ1) is 12.2. The third-order valence-corrected chi connectivity index (χ3v) is 3.90. The summed E-state index contributed by atoms with van der Waals surface area (Å²) in [6.45, 7) is 4.81. The largest absolute Gasteiger partial charge is 0.472 e. The van der Waals surface area contributed by atoms with Gasteiger partial charge in [0.25, 0.3) is 0 Å². The highest BCUT2D eigenvalue weighted by molar-refractivity contribution is 5.78. The quantitative estimate of drug-likeness (QED) is 0.823. The minimum Gasteiger partial charge on any atom is -0.472 e. The fraction of sp³-hybridized carbons (Fsp3) is 0.500. The number of alkyl halides is 3. The zero-order valence-electron chi connectivity index (χ0n) is 14.2. The van der Waals surface area contributed by atoms with Crippen molar-refractivity contribution in [3.05, 3.63) is 24.2 Å². The van der Waals surface area contributed by atoms with Gasteiger partial charge >= 0.3 is 12.1 Å². The van der Waals surface area contributed by atoms with E-state index < -0.39 is 12.1 Å². The fourth-order valence-corrected chi connectivity index (χ4v) is 2.60. The molecule has 1 atom stereocenters. The predicted octanol–water partition coefficient (Wildman–Crippen LogP) is 2.79. The molecule has 1 aliphatic rings. The summed E-state index contributed by atoms with van der Waals surface area (Å²) in [6, 6.07) is 3.02. The number of rotatable bonds is 4. The minimum atomic E-state index is -4.69. The summed E-state index contributed by atoms with van der Waals surface area (Å²) < 4.78 is 47.4. The van der Waals surface area contributed by atoms with E-state index in [1.165, 1.54) is 18.3 Å². The Kier molecular flexibility index (Phi) is 4.84. The highest BCUT2D eigenvalue weighted by atomic mass is 19.4.